The van der Waals surface area contributed by atoms with Crippen LogP contribution in [0.1, 0.15) is 80.3 Å². The van der Waals surface area contributed by atoms with Crippen LogP contribution in [0.25, 0.3) is 67.7 Å². The lowest BCUT2D eigenvalue weighted by Gasteiger charge is -2.06. The van der Waals surface area contributed by atoms with E-state index in [0.717, 1.165) is 5.69 Å². The molecule has 12 aromatic heterocycles. The van der Waals surface area contributed by atoms with Gasteiger partial charge in [0, 0.05) is 72.6 Å². The second-order valence-corrected chi connectivity index (χ2v) is 22.1. The van der Waals surface area contributed by atoms with E-state index in [1.165, 1.54) is 137 Å². The minimum Gasteiger partial charge on any atom is -0.481 e. The molecular weight excluding hydrogens is 1430 g/mol. The van der Waals surface area contributed by atoms with Crippen LogP contribution >= 0.6 is 23.2 Å². The van der Waals surface area contributed by atoms with Gasteiger partial charge in [-0.15, -0.1) is 0 Å². The average Bonchev–Trinajstić information content (AvgIpc) is 1.59. The summed E-state index contributed by atoms with van der Waals surface area (Å²) in [4.78, 5) is 117. The van der Waals surface area contributed by atoms with Crippen LogP contribution in [0.3, 0.4) is 0 Å². The first-order valence-electron chi connectivity index (χ1n) is 30.3. The molecule has 0 aromatic carbocycles. The van der Waals surface area contributed by atoms with E-state index in [1.54, 1.807) is 68.4 Å². The van der Waals surface area contributed by atoms with Gasteiger partial charge in [-0.1, -0.05) is 23.2 Å². The second kappa shape index (κ2) is 36.6. The first kappa shape index (κ1) is 80.1. The zero-order valence-electron chi connectivity index (χ0n) is 58.5. The standard InChI is InChI=1S/C11H11ClN4O2.C11H12N4O4.C11H12N4O3.C11H12N4O2.C10H9ClN4O2.C10H10N4O3/c1-6-13-4-8(12)10(15-6)7-3-14-16(2)11(7)9(18)5-17;1-15-9(10(16)17)6(5-12-15)7-4-8(18-2)14-11(13-7)19-3;1-15-11(9(17)6-16)7(3-13-15)8-4-12-5-10(14-8)18-2;1-7-3-4-12-11(14-7)8-5-13-15(2)10(8)9(17)6-16;1-5-12-4-7(11)8(14-5)6-3-13-15(2)9(6)10(16)17;1-14-9(10(15)16)6(3-12-14)7-4-11-5-8(13-7)17-2/h3-4,17H,5H2,1-2H3;4-5H,1-3H3,(H,16,17);3-5,16H,6H2,1-2H3;3-5,16H,6H2,1-2H3;3-4H,1-2H3,(H,16,17);3-5H,1-2H3,(H,15,16). The summed E-state index contributed by atoms with van der Waals surface area (Å²) in [5.41, 5.74) is 6.61. The number of hydrogen-bond acceptors (Lipinski definition) is 31. The zero-order valence-corrected chi connectivity index (χ0v) is 60.0. The van der Waals surface area contributed by atoms with E-state index in [0.29, 0.717) is 113 Å². The number of halogens is 2. The number of ketones is 3. The zero-order chi connectivity index (χ0) is 77.8. The Balaban J connectivity index is 0.000000178. The van der Waals surface area contributed by atoms with Gasteiger partial charge in [0.25, 0.3) is 0 Å². The largest absolute Gasteiger partial charge is 0.481 e. The molecule has 12 rings (SSSR count). The van der Waals surface area contributed by atoms with Gasteiger partial charge in [0.05, 0.1) is 162 Å². The van der Waals surface area contributed by atoms with Gasteiger partial charge in [-0.2, -0.15) is 40.6 Å². The van der Waals surface area contributed by atoms with Gasteiger partial charge in [0.2, 0.25) is 35.0 Å². The van der Waals surface area contributed by atoms with E-state index < -0.39 is 55.1 Å². The SMILES string of the molecule is COc1cc(-c2cnn(C)c2C(=O)O)nc(OC)n1.COc1cncc(-c2cnn(C)c2C(=O)CO)n1.COc1cncc(-c2cnn(C)c2C(=O)O)n1.Cc1ccnc(-c2cnn(C)c2C(=O)CO)n1.Cc1ncc(Cl)c(-c2cnn(C)c2C(=O)CO)n1.Cc1ncc(Cl)c(-c2cnn(C)c2C(=O)O)n1. The molecule has 0 amide bonds. The molecule has 0 spiro atoms. The molecule has 0 radical (unpaired) electrons. The number of ether oxygens (including phenoxy) is 4. The Labute approximate surface area is 609 Å². The van der Waals surface area contributed by atoms with Crippen LogP contribution in [0.2, 0.25) is 10.0 Å². The summed E-state index contributed by atoms with van der Waals surface area (Å²) in [5.74, 6) is -2.04. The summed E-state index contributed by atoms with van der Waals surface area (Å²) >= 11 is 12.0. The number of hydrogen-bond donors (Lipinski definition) is 6. The number of aryl methyl sites for hydroxylation is 9. The highest BCUT2D eigenvalue weighted by Crippen LogP contribution is 2.31. The van der Waals surface area contributed by atoms with Gasteiger partial charge < -0.3 is 49.6 Å². The molecule has 40 nitrogen and oxygen atoms in total. The minimum absolute atomic E-state index is 0.0304. The van der Waals surface area contributed by atoms with Crippen molar-refractivity contribution in [3.63, 3.8) is 0 Å². The second-order valence-electron chi connectivity index (χ2n) is 21.3. The Bertz CT molecular complexity index is 5140. The first-order valence-corrected chi connectivity index (χ1v) is 31.0. The molecule has 0 saturated heterocycles. The van der Waals surface area contributed by atoms with E-state index in [1.807, 2.05) is 6.92 Å². The third-order valence-corrected chi connectivity index (χ3v) is 14.8. The Morgan fingerprint density at radius 2 is 0.736 bits per heavy atom. The molecular formula is C64H66Cl2N24O16. The topological polar surface area (TPSA) is 522 Å². The molecule has 0 unspecified atom stereocenters. The fraction of sp³-hybridized carbons (Fsp3) is 0.250. The van der Waals surface area contributed by atoms with Crippen LogP contribution < -0.4 is 18.9 Å². The number of aliphatic hydroxyl groups is 3. The van der Waals surface area contributed by atoms with Gasteiger partial charge in [0.1, 0.15) is 48.6 Å². The number of carboxylic acids is 3. The predicted molar refractivity (Wildman–Crippen MR) is 371 cm³/mol. The molecule has 6 N–H and O–H groups in total. The van der Waals surface area contributed by atoms with Crippen molar-refractivity contribution in [1.29, 1.82) is 0 Å². The molecule has 0 aliphatic heterocycles. The number of aromatic carboxylic acids is 3. The van der Waals surface area contributed by atoms with Gasteiger partial charge in [-0.3, -0.25) is 52.4 Å². The molecule has 12 heterocycles. The number of carboxylic acid groups (broad SMARTS) is 3. The molecule has 0 aliphatic carbocycles. The number of aromatic nitrogens is 24. The fourth-order valence-corrected chi connectivity index (χ4v) is 9.82. The Hall–Kier alpha value is -13.2. The Kier molecular flexibility index (Phi) is 27.7. The molecule has 42 heteroatoms. The first-order chi connectivity index (χ1) is 50.5. The summed E-state index contributed by atoms with van der Waals surface area (Å²) in [6.07, 6.45) is 19.2. The fourth-order valence-electron chi connectivity index (χ4n) is 9.43. The Morgan fingerprint density at radius 3 is 1.12 bits per heavy atom. The maximum absolute atomic E-state index is 11.7. The highest BCUT2D eigenvalue weighted by Gasteiger charge is 2.26. The predicted octanol–water partition coefficient (Wildman–Crippen LogP) is 4.15. The normalized spacial score (nSPS) is 10.4. The molecule has 0 bridgehead atoms. The van der Waals surface area contributed by atoms with Crippen molar-refractivity contribution in [2.75, 3.05) is 48.3 Å². The van der Waals surface area contributed by atoms with Gasteiger partial charge in [-0.05, 0) is 26.8 Å². The number of aliphatic hydroxyl groups excluding tert-OH is 3. The molecule has 106 heavy (non-hydrogen) atoms. The number of rotatable bonds is 19. The lowest BCUT2D eigenvalue weighted by Crippen LogP contribution is -2.12. The molecule has 0 saturated carbocycles. The molecule has 12 aromatic rings. The summed E-state index contributed by atoms with van der Waals surface area (Å²) in [6.45, 7) is 3.55. The van der Waals surface area contributed by atoms with Crippen LogP contribution in [0.15, 0.2) is 92.7 Å². The quantitative estimate of drug-likeness (QED) is 0.0619. The van der Waals surface area contributed by atoms with E-state index in [4.69, 9.17) is 67.7 Å². The summed E-state index contributed by atoms with van der Waals surface area (Å²) in [6, 6.07) is 3.38. The smallest absolute Gasteiger partial charge is 0.354 e. The number of nitrogens with zero attached hydrogens (tertiary/aromatic N) is 24. The van der Waals surface area contributed by atoms with Crippen molar-refractivity contribution in [1.82, 2.24) is 118 Å². The van der Waals surface area contributed by atoms with Gasteiger partial charge in [-0.25, -0.2) is 54.3 Å². The van der Waals surface area contributed by atoms with E-state index in [-0.39, 0.29) is 34.7 Å². The van der Waals surface area contributed by atoms with Crippen LogP contribution in [0.4, 0.5) is 0 Å². The van der Waals surface area contributed by atoms with Crippen molar-refractivity contribution in [3.8, 4) is 91.3 Å². The van der Waals surface area contributed by atoms with Crippen molar-refractivity contribution in [3.05, 3.63) is 154 Å². The molecule has 0 fully saturated rings. The third kappa shape index (κ3) is 19.3. The van der Waals surface area contributed by atoms with Crippen LogP contribution in [-0.4, -0.2) is 233 Å². The number of Topliss-reactive ketones (excluding diaryl/α,β-unsaturated/α-hetero) is 3. The number of carbonyl (C=O) groups is 6. The number of methoxy groups -OCH3 is 4. The number of carbonyl (C=O) groups excluding carboxylic acids is 3. The molecule has 0 atom stereocenters. The lowest BCUT2D eigenvalue weighted by molar-refractivity contribution is 0.0675. The summed E-state index contributed by atoms with van der Waals surface area (Å²) in [7, 11) is 15.4. The van der Waals surface area contributed by atoms with Crippen molar-refractivity contribution in [2.24, 2.45) is 42.3 Å². The van der Waals surface area contributed by atoms with E-state index >= 15 is 0 Å². The molecule has 0 aliphatic rings. The van der Waals surface area contributed by atoms with Crippen LogP contribution in [0.5, 0.6) is 23.7 Å². The highest BCUT2D eigenvalue weighted by atomic mass is 35.5. The van der Waals surface area contributed by atoms with Gasteiger partial charge in [0.15, 0.2) is 22.9 Å². The Morgan fingerprint density at radius 1 is 0.387 bits per heavy atom. The van der Waals surface area contributed by atoms with Gasteiger partial charge >= 0.3 is 23.9 Å². The lowest BCUT2D eigenvalue weighted by atomic mass is 10.1. The molecule has 552 valence electrons. The maximum atomic E-state index is 11.7. The van der Waals surface area contributed by atoms with Crippen molar-refractivity contribution in [2.45, 2.75) is 20.8 Å². The minimum atomic E-state index is -1.09. The average molecular weight is 1500 g/mol. The van der Waals surface area contributed by atoms with Crippen molar-refractivity contribution >= 4 is 58.5 Å². The van der Waals surface area contributed by atoms with Crippen LogP contribution in [0, 0.1) is 20.8 Å². The van der Waals surface area contributed by atoms with Crippen molar-refractivity contribution < 1.29 is 78.4 Å². The third-order valence-electron chi connectivity index (χ3n) is 14.3. The maximum Gasteiger partial charge on any atom is 0.354 e. The van der Waals surface area contributed by atoms with E-state index in [9.17, 15) is 33.9 Å². The summed E-state index contributed by atoms with van der Waals surface area (Å²) < 4.78 is 27.9. The summed E-state index contributed by atoms with van der Waals surface area (Å²) in [5, 5.41) is 78.6. The monoisotopic (exact) mass is 1500 g/mol. The van der Waals surface area contributed by atoms with Crippen LogP contribution in [-0.2, 0) is 42.3 Å². The highest BCUT2D eigenvalue weighted by molar-refractivity contribution is 6.33. The van der Waals surface area contributed by atoms with E-state index in [2.05, 4.69) is 90.4 Å².